The zero-order chi connectivity index (χ0) is 26.3. The molecule has 0 atom stereocenters. The van der Waals surface area contributed by atoms with Crippen molar-refractivity contribution in [3.8, 4) is 22.3 Å². The first kappa shape index (κ1) is 22.4. The van der Waals surface area contributed by atoms with Gasteiger partial charge in [-0.25, -0.2) is 0 Å². The van der Waals surface area contributed by atoms with Crippen LogP contribution in [-0.2, 0) is 5.41 Å². The number of furan rings is 1. The Hall–Kier alpha value is -4.62. The van der Waals surface area contributed by atoms with Gasteiger partial charge in [0.15, 0.2) is 0 Å². The normalized spacial score (nSPS) is 12.5. The van der Waals surface area contributed by atoms with Crippen LogP contribution in [0.25, 0.3) is 76.5 Å². The molecular weight excluding hydrogens is 472 g/mol. The highest BCUT2D eigenvalue weighted by atomic mass is 16.3. The van der Waals surface area contributed by atoms with Gasteiger partial charge in [-0.3, -0.25) is 0 Å². The zero-order valence-electron chi connectivity index (χ0n) is 22.4. The quantitative estimate of drug-likeness (QED) is 0.215. The fourth-order valence-electron chi connectivity index (χ4n) is 6.33. The van der Waals surface area contributed by atoms with E-state index in [2.05, 4.69) is 136 Å². The summed E-state index contributed by atoms with van der Waals surface area (Å²) in [6.45, 7) is 6.78. The van der Waals surface area contributed by atoms with Crippen LogP contribution in [-0.4, -0.2) is 0 Å². The summed E-state index contributed by atoms with van der Waals surface area (Å²) in [5.74, 6) is 0. The number of benzene rings is 7. The molecule has 1 heterocycles. The second-order valence-corrected chi connectivity index (χ2v) is 11.8. The number of hydrogen-bond acceptors (Lipinski definition) is 1. The molecule has 1 nitrogen and oxygen atoms in total. The summed E-state index contributed by atoms with van der Waals surface area (Å²) >= 11 is 0. The van der Waals surface area contributed by atoms with Crippen molar-refractivity contribution in [2.24, 2.45) is 0 Å². The summed E-state index contributed by atoms with van der Waals surface area (Å²) in [5.41, 5.74) is 8.29. The fraction of sp³-hybridized carbons (Fsp3) is 0.105. The number of fused-ring (bicyclic) bond motifs is 3. The number of rotatable bonds is 2. The lowest BCUT2D eigenvalue weighted by Crippen LogP contribution is -2.10. The van der Waals surface area contributed by atoms with Crippen LogP contribution in [0.1, 0.15) is 26.3 Å². The highest BCUT2D eigenvalue weighted by molar-refractivity contribution is 6.27. The summed E-state index contributed by atoms with van der Waals surface area (Å²) in [7, 11) is 0. The van der Waals surface area contributed by atoms with Gasteiger partial charge in [-0.2, -0.15) is 0 Å². The van der Waals surface area contributed by atoms with Gasteiger partial charge in [0.05, 0.1) is 0 Å². The van der Waals surface area contributed by atoms with Crippen LogP contribution >= 0.6 is 0 Å². The molecule has 0 aliphatic heterocycles. The van der Waals surface area contributed by atoms with Crippen LogP contribution < -0.4 is 0 Å². The van der Waals surface area contributed by atoms with E-state index in [0.717, 1.165) is 11.2 Å². The van der Waals surface area contributed by atoms with E-state index in [1.165, 1.54) is 70.9 Å². The minimum atomic E-state index is 0.0834. The van der Waals surface area contributed by atoms with E-state index >= 15 is 0 Å². The van der Waals surface area contributed by atoms with E-state index in [4.69, 9.17) is 4.42 Å². The SMILES string of the molecule is CC(C)(C)c1ccc2oc3ccc(-c4ccc5ccc6c(-c7ccccc7)ccc7ccc4c5c76)cc3c2c1. The van der Waals surface area contributed by atoms with Crippen molar-refractivity contribution < 1.29 is 4.42 Å². The van der Waals surface area contributed by atoms with Gasteiger partial charge in [0.25, 0.3) is 0 Å². The van der Waals surface area contributed by atoms with E-state index in [0.29, 0.717) is 0 Å². The summed E-state index contributed by atoms with van der Waals surface area (Å²) in [5, 5.41) is 10.2. The fourth-order valence-corrected chi connectivity index (χ4v) is 6.33. The molecular formula is C38H28O. The highest BCUT2D eigenvalue weighted by Gasteiger charge is 2.18. The van der Waals surface area contributed by atoms with Gasteiger partial charge in [0.2, 0.25) is 0 Å². The van der Waals surface area contributed by atoms with Crippen LogP contribution in [0.3, 0.4) is 0 Å². The molecule has 0 fully saturated rings. The molecule has 1 heteroatoms. The average molecular weight is 501 g/mol. The van der Waals surface area contributed by atoms with Crippen LogP contribution in [0.15, 0.2) is 120 Å². The van der Waals surface area contributed by atoms with E-state index in [9.17, 15) is 0 Å². The lowest BCUT2D eigenvalue weighted by atomic mass is 9.86. The topological polar surface area (TPSA) is 13.1 Å². The molecule has 0 aliphatic rings. The van der Waals surface area contributed by atoms with Crippen LogP contribution in [0.2, 0.25) is 0 Å². The Bertz CT molecular complexity index is 2190. The van der Waals surface area contributed by atoms with Crippen molar-refractivity contribution in [2.75, 3.05) is 0 Å². The molecule has 0 saturated heterocycles. The zero-order valence-corrected chi connectivity index (χ0v) is 22.4. The van der Waals surface area contributed by atoms with Crippen LogP contribution in [0.5, 0.6) is 0 Å². The van der Waals surface area contributed by atoms with Gasteiger partial charge in [-0.15, -0.1) is 0 Å². The third-order valence-electron chi connectivity index (χ3n) is 8.40. The maximum Gasteiger partial charge on any atom is 0.135 e. The average Bonchev–Trinajstić information content (AvgIpc) is 3.33. The third-order valence-corrected chi connectivity index (χ3v) is 8.40. The molecule has 8 aromatic rings. The third kappa shape index (κ3) is 3.33. The monoisotopic (exact) mass is 500 g/mol. The molecule has 0 saturated carbocycles. The van der Waals surface area contributed by atoms with Gasteiger partial charge in [0.1, 0.15) is 11.2 Å². The van der Waals surface area contributed by atoms with Crippen molar-refractivity contribution in [1.82, 2.24) is 0 Å². The standard InChI is InChI=1S/C38H28O/c1-38(2,3)27-14-20-35-33(22-27)32-21-26(13-19-34(32)39-35)29-16-10-25-11-17-30-28(23-7-5-4-6-8-23)15-9-24-12-18-31(29)37(25)36(24)30/h4-22H,1-3H3. The van der Waals surface area contributed by atoms with E-state index < -0.39 is 0 Å². The van der Waals surface area contributed by atoms with Crippen LogP contribution in [0.4, 0.5) is 0 Å². The van der Waals surface area contributed by atoms with Gasteiger partial charge in [-0.1, -0.05) is 112 Å². The lowest BCUT2D eigenvalue weighted by Gasteiger charge is -2.18. The lowest BCUT2D eigenvalue weighted by molar-refractivity contribution is 0.590. The van der Waals surface area contributed by atoms with E-state index in [1.54, 1.807) is 0 Å². The van der Waals surface area contributed by atoms with Crippen LogP contribution in [0, 0.1) is 0 Å². The predicted molar refractivity (Wildman–Crippen MR) is 167 cm³/mol. The smallest absolute Gasteiger partial charge is 0.135 e. The summed E-state index contributed by atoms with van der Waals surface area (Å²) in [4.78, 5) is 0. The van der Waals surface area contributed by atoms with Gasteiger partial charge < -0.3 is 4.42 Å². The van der Waals surface area contributed by atoms with Crippen molar-refractivity contribution >= 4 is 54.3 Å². The molecule has 0 radical (unpaired) electrons. The Balaban J connectivity index is 1.39. The molecule has 39 heavy (non-hydrogen) atoms. The Morgan fingerprint density at radius 1 is 0.462 bits per heavy atom. The Morgan fingerprint density at radius 2 is 1.03 bits per heavy atom. The van der Waals surface area contributed by atoms with Gasteiger partial charge >= 0.3 is 0 Å². The second-order valence-electron chi connectivity index (χ2n) is 11.8. The van der Waals surface area contributed by atoms with E-state index in [1.807, 2.05) is 0 Å². The van der Waals surface area contributed by atoms with Gasteiger partial charge in [-0.05, 0) is 89.8 Å². The minimum Gasteiger partial charge on any atom is -0.456 e. The first-order valence-corrected chi connectivity index (χ1v) is 13.7. The molecule has 0 aliphatic carbocycles. The first-order chi connectivity index (χ1) is 19.0. The van der Waals surface area contributed by atoms with Crippen molar-refractivity contribution in [3.63, 3.8) is 0 Å². The van der Waals surface area contributed by atoms with E-state index in [-0.39, 0.29) is 5.41 Å². The molecule has 186 valence electrons. The molecule has 0 spiro atoms. The Labute approximate surface area is 227 Å². The van der Waals surface area contributed by atoms with Gasteiger partial charge in [0, 0.05) is 10.8 Å². The predicted octanol–water partition coefficient (Wildman–Crippen LogP) is 11.1. The molecule has 7 aromatic carbocycles. The number of hydrogen-bond donors (Lipinski definition) is 0. The summed E-state index contributed by atoms with van der Waals surface area (Å²) in [6, 6.07) is 42.2. The largest absolute Gasteiger partial charge is 0.456 e. The maximum atomic E-state index is 6.25. The minimum absolute atomic E-state index is 0.0834. The Morgan fingerprint density at radius 3 is 1.67 bits per heavy atom. The first-order valence-electron chi connectivity index (χ1n) is 13.7. The highest BCUT2D eigenvalue weighted by Crippen LogP contribution is 2.43. The summed E-state index contributed by atoms with van der Waals surface area (Å²) < 4.78 is 6.25. The summed E-state index contributed by atoms with van der Waals surface area (Å²) in [6.07, 6.45) is 0. The molecule has 1 aromatic heterocycles. The molecule has 8 rings (SSSR count). The second kappa shape index (κ2) is 7.94. The molecule has 0 N–H and O–H groups in total. The Kier molecular flexibility index (Phi) is 4.56. The molecule has 0 amide bonds. The van der Waals surface area contributed by atoms with Crippen molar-refractivity contribution in [3.05, 3.63) is 121 Å². The maximum absolute atomic E-state index is 6.25. The van der Waals surface area contributed by atoms with Crippen molar-refractivity contribution in [1.29, 1.82) is 0 Å². The van der Waals surface area contributed by atoms with Crippen molar-refractivity contribution in [2.45, 2.75) is 26.2 Å². The molecule has 0 unspecified atom stereocenters. The molecule has 0 bridgehead atoms.